The molecule has 0 bridgehead atoms. The standard InChI is InChI=1S/C24H23ClF3N5O2/c25-20-7-2-1-6-19(20)22(23(35)30-17-8-10-24(27,28)11-9-17)33(18-5-3-4-16(26)14-18)21(34)15-32-13-12-29-31-32/h1-7,12-14,17,22H,8-11,15H2,(H,30,35). The second kappa shape index (κ2) is 10.5. The molecule has 7 nitrogen and oxygen atoms in total. The van der Waals surface area contributed by atoms with E-state index in [1.807, 2.05) is 0 Å². The number of halogens is 4. The number of nitrogens with one attached hydrogen (secondary N) is 1. The molecule has 4 rings (SSSR count). The molecule has 11 heteroatoms. The van der Waals surface area contributed by atoms with Crippen LogP contribution < -0.4 is 10.2 Å². The summed E-state index contributed by atoms with van der Waals surface area (Å²) in [4.78, 5) is 28.3. The van der Waals surface area contributed by atoms with Crippen molar-refractivity contribution in [2.45, 2.75) is 50.2 Å². The van der Waals surface area contributed by atoms with Crippen molar-refractivity contribution in [2.24, 2.45) is 0 Å². The van der Waals surface area contributed by atoms with E-state index in [1.165, 1.54) is 35.3 Å². The number of alkyl halides is 2. The van der Waals surface area contributed by atoms with Crippen LogP contribution in [0.5, 0.6) is 0 Å². The molecule has 2 aromatic carbocycles. The fourth-order valence-electron chi connectivity index (χ4n) is 4.15. The van der Waals surface area contributed by atoms with E-state index in [4.69, 9.17) is 11.6 Å². The highest BCUT2D eigenvalue weighted by atomic mass is 35.5. The van der Waals surface area contributed by atoms with Gasteiger partial charge in [0.25, 0.3) is 0 Å². The van der Waals surface area contributed by atoms with Crippen LogP contribution >= 0.6 is 11.6 Å². The van der Waals surface area contributed by atoms with Crippen molar-refractivity contribution in [3.8, 4) is 0 Å². The lowest BCUT2D eigenvalue weighted by Crippen LogP contribution is -2.49. The first-order valence-electron chi connectivity index (χ1n) is 11.1. The van der Waals surface area contributed by atoms with Crippen LogP contribution in [-0.4, -0.2) is 38.8 Å². The Kier molecular flexibility index (Phi) is 7.39. The highest BCUT2D eigenvalue weighted by Gasteiger charge is 2.39. The molecule has 0 aliphatic heterocycles. The summed E-state index contributed by atoms with van der Waals surface area (Å²) < 4.78 is 42.7. The van der Waals surface area contributed by atoms with Crippen LogP contribution in [-0.2, 0) is 16.1 Å². The summed E-state index contributed by atoms with van der Waals surface area (Å²) in [5, 5.41) is 10.5. The maximum Gasteiger partial charge on any atom is 0.249 e. The van der Waals surface area contributed by atoms with E-state index in [0.717, 1.165) is 11.0 Å². The van der Waals surface area contributed by atoms with Gasteiger partial charge in [-0.15, -0.1) is 5.10 Å². The summed E-state index contributed by atoms with van der Waals surface area (Å²) in [5.74, 6) is -4.54. The minimum Gasteiger partial charge on any atom is -0.351 e. The van der Waals surface area contributed by atoms with Gasteiger partial charge in [-0.3, -0.25) is 14.5 Å². The van der Waals surface area contributed by atoms with Gasteiger partial charge in [0.2, 0.25) is 17.7 Å². The van der Waals surface area contributed by atoms with Crippen LogP contribution in [0.15, 0.2) is 60.9 Å². The fraction of sp³-hybridized carbons (Fsp3) is 0.333. The highest BCUT2D eigenvalue weighted by molar-refractivity contribution is 6.31. The molecule has 0 radical (unpaired) electrons. The average Bonchev–Trinajstić information content (AvgIpc) is 3.32. The molecule has 0 spiro atoms. The number of carbonyl (C=O) groups excluding carboxylic acids is 2. The van der Waals surface area contributed by atoms with E-state index < -0.39 is 35.6 Å². The highest BCUT2D eigenvalue weighted by Crippen LogP contribution is 2.35. The van der Waals surface area contributed by atoms with Gasteiger partial charge in [-0.05, 0) is 37.1 Å². The van der Waals surface area contributed by atoms with Crippen molar-refractivity contribution in [1.29, 1.82) is 0 Å². The van der Waals surface area contributed by atoms with E-state index >= 15 is 0 Å². The van der Waals surface area contributed by atoms with Crippen LogP contribution in [0.25, 0.3) is 0 Å². The molecular formula is C24H23ClF3N5O2. The Bertz CT molecular complexity index is 1180. The van der Waals surface area contributed by atoms with Crippen molar-refractivity contribution in [3.05, 3.63) is 77.3 Å². The van der Waals surface area contributed by atoms with E-state index in [-0.39, 0.29) is 42.9 Å². The van der Waals surface area contributed by atoms with Gasteiger partial charge < -0.3 is 5.32 Å². The molecule has 1 unspecified atom stereocenters. The number of hydrogen-bond donors (Lipinski definition) is 1. The Morgan fingerprint density at radius 1 is 1.17 bits per heavy atom. The molecule has 1 N–H and O–H groups in total. The van der Waals surface area contributed by atoms with E-state index in [2.05, 4.69) is 15.6 Å². The second-order valence-corrected chi connectivity index (χ2v) is 8.81. The van der Waals surface area contributed by atoms with Gasteiger partial charge in [0.1, 0.15) is 18.4 Å². The van der Waals surface area contributed by atoms with Gasteiger partial charge >= 0.3 is 0 Å². The largest absolute Gasteiger partial charge is 0.351 e. The van der Waals surface area contributed by atoms with Gasteiger partial charge in [-0.25, -0.2) is 17.9 Å². The van der Waals surface area contributed by atoms with Crippen molar-refractivity contribution in [1.82, 2.24) is 20.3 Å². The van der Waals surface area contributed by atoms with Gasteiger partial charge in [-0.2, -0.15) is 0 Å². The first-order chi connectivity index (χ1) is 16.7. The summed E-state index contributed by atoms with van der Waals surface area (Å²) in [5.41, 5.74) is 0.439. The molecule has 1 aliphatic rings. The number of amides is 2. The summed E-state index contributed by atoms with van der Waals surface area (Å²) in [6.07, 6.45) is 2.40. The monoisotopic (exact) mass is 505 g/mol. The summed E-state index contributed by atoms with van der Waals surface area (Å²) in [6.45, 7) is -0.277. The maximum absolute atomic E-state index is 14.2. The average molecular weight is 506 g/mol. The normalized spacial score (nSPS) is 16.5. The SMILES string of the molecule is O=C(NC1CCC(F)(F)CC1)C(c1ccccc1Cl)N(C(=O)Cn1ccnn1)c1cccc(F)c1. The number of aromatic nitrogens is 3. The third-order valence-electron chi connectivity index (χ3n) is 5.89. The molecule has 1 saturated carbocycles. The molecule has 2 amide bonds. The molecule has 1 aliphatic carbocycles. The van der Waals surface area contributed by atoms with Crippen LogP contribution in [0.1, 0.15) is 37.3 Å². The summed E-state index contributed by atoms with van der Waals surface area (Å²) >= 11 is 6.43. The van der Waals surface area contributed by atoms with Crippen LogP contribution in [0.2, 0.25) is 5.02 Å². The molecule has 3 aromatic rings. The van der Waals surface area contributed by atoms with Crippen LogP contribution in [0.3, 0.4) is 0 Å². The summed E-state index contributed by atoms with van der Waals surface area (Å²) in [7, 11) is 0. The fourth-order valence-corrected chi connectivity index (χ4v) is 4.39. The van der Waals surface area contributed by atoms with Crippen molar-refractivity contribution >= 4 is 29.1 Å². The molecule has 1 fully saturated rings. The molecule has 35 heavy (non-hydrogen) atoms. The van der Waals surface area contributed by atoms with Gasteiger partial charge in [-0.1, -0.05) is 41.1 Å². The number of carbonyl (C=O) groups is 2. The second-order valence-electron chi connectivity index (χ2n) is 8.41. The van der Waals surface area contributed by atoms with Crippen molar-refractivity contribution < 1.29 is 22.8 Å². The smallest absolute Gasteiger partial charge is 0.249 e. The number of anilines is 1. The molecule has 184 valence electrons. The van der Waals surface area contributed by atoms with Gasteiger partial charge in [0.15, 0.2) is 0 Å². The van der Waals surface area contributed by atoms with E-state index in [9.17, 15) is 22.8 Å². The third kappa shape index (κ3) is 6.00. The van der Waals surface area contributed by atoms with Gasteiger partial charge in [0.05, 0.1) is 6.20 Å². The minimum absolute atomic E-state index is 0.0981. The Labute approximate surface area is 204 Å². The topological polar surface area (TPSA) is 80.1 Å². The first kappa shape index (κ1) is 24.7. The molecule has 1 aromatic heterocycles. The lowest BCUT2D eigenvalue weighted by Gasteiger charge is -2.34. The first-order valence-corrected chi connectivity index (χ1v) is 11.5. The number of benzene rings is 2. The Morgan fingerprint density at radius 3 is 2.57 bits per heavy atom. The lowest BCUT2D eigenvalue weighted by molar-refractivity contribution is -0.128. The molecule has 1 heterocycles. The van der Waals surface area contributed by atoms with Crippen molar-refractivity contribution in [3.63, 3.8) is 0 Å². The van der Waals surface area contributed by atoms with Crippen LogP contribution in [0, 0.1) is 5.82 Å². The van der Waals surface area contributed by atoms with E-state index in [1.54, 1.807) is 24.3 Å². The van der Waals surface area contributed by atoms with Crippen molar-refractivity contribution in [2.75, 3.05) is 4.90 Å². The van der Waals surface area contributed by atoms with Gasteiger partial charge in [0, 0.05) is 41.4 Å². The molecule has 0 saturated heterocycles. The van der Waals surface area contributed by atoms with Crippen LogP contribution in [0.4, 0.5) is 18.9 Å². The predicted octanol–water partition coefficient (Wildman–Crippen LogP) is 4.54. The zero-order valence-corrected chi connectivity index (χ0v) is 19.3. The number of hydrogen-bond acceptors (Lipinski definition) is 4. The Morgan fingerprint density at radius 2 is 1.91 bits per heavy atom. The Hall–Kier alpha value is -3.40. The zero-order chi connectivity index (χ0) is 25.0. The molecular weight excluding hydrogens is 483 g/mol. The zero-order valence-electron chi connectivity index (χ0n) is 18.6. The molecule has 1 atom stereocenters. The van der Waals surface area contributed by atoms with E-state index in [0.29, 0.717) is 5.56 Å². The maximum atomic E-state index is 14.2. The third-order valence-corrected chi connectivity index (χ3v) is 6.24. The quantitative estimate of drug-likeness (QED) is 0.511. The lowest BCUT2D eigenvalue weighted by atomic mass is 9.91. The Balaban J connectivity index is 1.73. The number of rotatable bonds is 7. The minimum atomic E-state index is -2.76. The predicted molar refractivity (Wildman–Crippen MR) is 123 cm³/mol. The number of nitrogens with zero attached hydrogens (tertiary/aromatic N) is 4. The summed E-state index contributed by atoms with van der Waals surface area (Å²) in [6, 6.07) is 10.00.